The first-order chi connectivity index (χ1) is 14.5. The zero-order valence-corrected chi connectivity index (χ0v) is 16.2. The summed E-state index contributed by atoms with van der Waals surface area (Å²) in [5.41, 5.74) is 3.16. The molecule has 1 fully saturated rings. The predicted molar refractivity (Wildman–Crippen MR) is 114 cm³/mol. The van der Waals surface area contributed by atoms with Crippen LogP contribution in [0.15, 0.2) is 84.4 Å². The summed E-state index contributed by atoms with van der Waals surface area (Å²) in [6.45, 7) is 1.93. The molecular formula is C25H18N2O3. The molecule has 1 N–H and O–H groups in total. The molecule has 0 aromatic heterocycles. The highest BCUT2D eigenvalue weighted by molar-refractivity contribution is 6.51. The third-order valence-electron chi connectivity index (χ3n) is 5.16. The van der Waals surface area contributed by atoms with Crippen LogP contribution in [0.5, 0.6) is 0 Å². The number of Topliss-reactive ketones (excluding diaryl/α,β-unsaturated/α-hetero) is 1. The van der Waals surface area contributed by atoms with Gasteiger partial charge in [0.25, 0.3) is 11.7 Å². The van der Waals surface area contributed by atoms with Gasteiger partial charge in [-0.15, -0.1) is 0 Å². The Labute approximate surface area is 174 Å². The first-order valence-corrected chi connectivity index (χ1v) is 9.44. The Morgan fingerprint density at radius 2 is 1.57 bits per heavy atom. The number of aliphatic hydroxyl groups is 1. The minimum absolute atomic E-state index is 0.0411. The van der Waals surface area contributed by atoms with Crippen molar-refractivity contribution in [1.82, 2.24) is 0 Å². The number of benzene rings is 3. The van der Waals surface area contributed by atoms with Crippen molar-refractivity contribution in [3.8, 4) is 6.07 Å². The first-order valence-electron chi connectivity index (χ1n) is 9.44. The van der Waals surface area contributed by atoms with Crippen molar-refractivity contribution >= 4 is 23.1 Å². The fraction of sp³-hybridized carbons (Fsp3) is 0.0800. The van der Waals surface area contributed by atoms with Crippen molar-refractivity contribution < 1.29 is 14.7 Å². The molecule has 5 nitrogen and oxygen atoms in total. The van der Waals surface area contributed by atoms with Gasteiger partial charge in [0.2, 0.25) is 0 Å². The molecule has 1 aliphatic heterocycles. The zero-order valence-electron chi connectivity index (χ0n) is 16.2. The average Bonchev–Trinajstić information content (AvgIpc) is 3.05. The van der Waals surface area contributed by atoms with Crippen LogP contribution < -0.4 is 4.90 Å². The van der Waals surface area contributed by atoms with E-state index in [1.54, 1.807) is 36.4 Å². The standard InChI is InChI=1S/C25H18N2O3/c1-16-7-11-19(12-8-16)23(28)21-22(18-5-3-2-4-6-18)27(25(30)24(21)29)20-13-9-17(15-26)10-14-20/h2-14,22,28H,1H3/b23-21+. The van der Waals surface area contributed by atoms with Crippen LogP contribution in [0.3, 0.4) is 0 Å². The molecule has 0 bridgehead atoms. The second-order valence-corrected chi connectivity index (χ2v) is 7.10. The SMILES string of the molecule is Cc1ccc(/C(O)=C2\C(=O)C(=O)N(c3ccc(C#N)cc3)C2c2ccccc2)cc1. The van der Waals surface area contributed by atoms with E-state index in [4.69, 9.17) is 5.26 Å². The summed E-state index contributed by atoms with van der Waals surface area (Å²) in [5.74, 6) is -1.67. The van der Waals surface area contributed by atoms with Gasteiger partial charge in [0, 0.05) is 11.3 Å². The Morgan fingerprint density at radius 3 is 2.17 bits per heavy atom. The Morgan fingerprint density at radius 1 is 0.933 bits per heavy atom. The molecule has 30 heavy (non-hydrogen) atoms. The van der Waals surface area contributed by atoms with Crippen LogP contribution in [-0.4, -0.2) is 16.8 Å². The number of aryl methyl sites for hydroxylation is 1. The number of amides is 1. The van der Waals surface area contributed by atoms with E-state index in [9.17, 15) is 14.7 Å². The summed E-state index contributed by atoms with van der Waals surface area (Å²) in [6, 6.07) is 23.9. The molecule has 0 aliphatic carbocycles. The highest BCUT2D eigenvalue weighted by Crippen LogP contribution is 2.42. The summed E-state index contributed by atoms with van der Waals surface area (Å²) < 4.78 is 0. The minimum Gasteiger partial charge on any atom is -0.507 e. The number of nitriles is 1. The number of aliphatic hydroxyl groups excluding tert-OH is 1. The van der Waals surface area contributed by atoms with Crippen LogP contribution in [0.4, 0.5) is 5.69 Å². The van der Waals surface area contributed by atoms with Crippen molar-refractivity contribution in [3.05, 3.63) is 107 Å². The van der Waals surface area contributed by atoms with E-state index in [0.29, 0.717) is 22.4 Å². The van der Waals surface area contributed by atoms with E-state index in [0.717, 1.165) is 5.56 Å². The topological polar surface area (TPSA) is 81.4 Å². The van der Waals surface area contributed by atoms with Gasteiger partial charge in [0.05, 0.1) is 23.2 Å². The van der Waals surface area contributed by atoms with Crippen molar-refractivity contribution in [1.29, 1.82) is 5.26 Å². The Hall–Kier alpha value is -4.17. The third-order valence-corrected chi connectivity index (χ3v) is 5.16. The third kappa shape index (κ3) is 3.25. The molecule has 0 radical (unpaired) electrons. The van der Waals surface area contributed by atoms with Gasteiger partial charge < -0.3 is 5.11 Å². The van der Waals surface area contributed by atoms with Crippen molar-refractivity contribution in [2.45, 2.75) is 13.0 Å². The predicted octanol–water partition coefficient (Wildman–Crippen LogP) is 4.49. The molecular weight excluding hydrogens is 376 g/mol. The van der Waals surface area contributed by atoms with Gasteiger partial charge in [0.15, 0.2) is 0 Å². The molecule has 1 heterocycles. The van der Waals surface area contributed by atoms with E-state index in [-0.39, 0.29) is 11.3 Å². The molecule has 0 spiro atoms. The zero-order chi connectivity index (χ0) is 21.3. The first kappa shape index (κ1) is 19.2. The van der Waals surface area contributed by atoms with Gasteiger partial charge in [-0.25, -0.2) is 0 Å². The number of rotatable bonds is 3. The fourth-order valence-corrected chi connectivity index (χ4v) is 3.61. The largest absolute Gasteiger partial charge is 0.507 e. The molecule has 5 heteroatoms. The lowest BCUT2D eigenvalue weighted by atomic mass is 9.95. The number of hydrogen-bond donors (Lipinski definition) is 1. The summed E-state index contributed by atoms with van der Waals surface area (Å²) in [5, 5.41) is 20.1. The van der Waals surface area contributed by atoms with E-state index < -0.39 is 17.7 Å². The van der Waals surface area contributed by atoms with Crippen molar-refractivity contribution in [3.63, 3.8) is 0 Å². The van der Waals surface area contributed by atoms with Gasteiger partial charge >= 0.3 is 0 Å². The summed E-state index contributed by atoms with van der Waals surface area (Å²) in [6.07, 6.45) is 0. The molecule has 1 saturated heterocycles. The lowest BCUT2D eigenvalue weighted by Crippen LogP contribution is -2.29. The molecule has 3 aromatic rings. The lowest BCUT2D eigenvalue weighted by molar-refractivity contribution is -0.132. The quantitative estimate of drug-likeness (QED) is 0.403. The summed E-state index contributed by atoms with van der Waals surface area (Å²) >= 11 is 0. The van der Waals surface area contributed by atoms with Crippen molar-refractivity contribution in [2.24, 2.45) is 0 Å². The van der Waals surface area contributed by atoms with Gasteiger partial charge in [-0.05, 0) is 36.8 Å². The number of carbonyl (C=O) groups is 2. The molecule has 1 aliphatic rings. The molecule has 0 saturated carbocycles. The summed E-state index contributed by atoms with van der Waals surface area (Å²) in [4.78, 5) is 27.4. The fourth-order valence-electron chi connectivity index (χ4n) is 3.61. The van der Waals surface area contributed by atoms with Gasteiger partial charge in [0.1, 0.15) is 5.76 Å². The van der Waals surface area contributed by atoms with Crippen LogP contribution in [0.2, 0.25) is 0 Å². The number of carbonyl (C=O) groups excluding carboxylic acids is 2. The smallest absolute Gasteiger partial charge is 0.300 e. The lowest BCUT2D eigenvalue weighted by Gasteiger charge is -2.25. The van der Waals surface area contributed by atoms with Gasteiger partial charge in [-0.1, -0.05) is 60.2 Å². The Bertz CT molecular complexity index is 1190. The Balaban J connectivity index is 1.92. The van der Waals surface area contributed by atoms with Gasteiger partial charge in [-0.2, -0.15) is 5.26 Å². The highest BCUT2D eigenvalue weighted by atomic mass is 16.3. The molecule has 1 unspecified atom stereocenters. The second kappa shape index (κ2) is 7.69. The van der Waals surface area contributed by atoms with Crippen LogP contribution in [0.1, 0.15) is 28.3 Å². The minimum atomic E-state index is -0.777. The van der Waals surface area contributed by atoms with E-state index in [2.05, 4.69) is 0 Å². The van der Waals surface area contributed by atoms with Crippen LogP contribution in [0.25, 0.3) is 5.76 Å². The molecule has 1 amide bonds. The average molecular weight is 394 g/mol. The molecule has 3 aromatic carbocycles. The van der Waals surface area contributed by atoms with Crippen LogP contribution in [0, 0.1) is 18.3 Å². The molecule has 4 rings (SSSR count). The van der Waals surface area contributed by atoms with E-state index in [1.165, 1.54) is 4.90 Å². The number of nitrogens with zero attached hydrogens (tertiary/aromatic N) is 2. The maximum atomic E-state index is 13.0. The second-order valence-electron chi connectivity index (χ2n) is 7.10. The number of ketones is 1. The Kier molecular flexibility index (Phi) is 4.91. The number of anilines is 1. The highest BCUT2D eigenvalue weighted by Gasteiger charge is 2.46. The normalized spacial score (nSPS) is 17.7. The maximum absolute atomic E-state index is 13.0. The van der Waals surface area contributed by atoms with Crippen LogP contribution in [-0.2, 0) is 9.59 Å². The van der Waals surface area contributed by atoms with E-state index in [1.807, 2.05) is 55.5 Å². The van der Waals surface area contributed by atoms with E-state index >= 15 is 0 Å². The molecule has 1 atom stereocenters. The number of hydrogen-bond acceptors (Lipinski definition) is 4. The maximum Gasteiger partial charge on any atom is 0.300 e. The monoisotopic (exact) mass is 394 g/mol. The van der Waals surface area contributed by atoms with Crippen LogP contribution >= 0.6 is 0 Å². The molecule has 146 valence electrons. The van der Waals surface area contributed by atoms with Crippen molar-refractivity contribution in [2.75, 3.05) is 4.90 Å². The summed E-state index contributed by atoms with van der Waals surface area (Å²) in [7, 11) is 0. The van der Waals surface area contributed by atoms with Gasteiger partial charge in [-0.3, -0.25) is 14.5 Å².